The summed E-state index contributed by atoms with van der Waals surface area (Å²) in [6, 6.07) is 15.6. The lowest BCUT2D eigenvalue weighted by Gasteiger charge is -2.15. The van der Waals surface area contributed by atoms with Crippen molar-refractivity contribution in [1.29, 1.82) is 0 Å². The Labute approximate surface area is 195 Å². The van der Waals surface area contributed by atoms with Gasteiger partial charge in [0.05, 0.1) is 18.8 Å². The van der Waals surface area contributed by atoms with Gasteiger partial charge in [0.2, 0.25) is 10.0 Å². The molecule has 7 nitrogen and oxygen atoms in total. The molecule has 3 N–H and O–H groups in total. The second kappa shape index (κ2) is 11.5. The van der Waals surface area contributed by atoms with Crippen molar-refractivity contribution in [3.63, 3.8) is 0 Å². The lowest BCUT2D eigenvalue weighted by Crippen LogP contribution is -2.42. The van der Waals surface area contributed by atoms with Crippen molar-refractivity contribution in [3.8, 4) is 5.75 Å². The first-order chi connectivity index (χ1) is 14.0. The number of hydrogen-bond donors (Lipinski definition) is 3. The Balaban J connectivity index is 0.00000320. The van der Waals surface area contributed by atoms with Crippen molar-refractivity contribution >= 4 is 40.0 Å². The summed E-state index contributed by atoms with van der Waals surface area (Å²) in [6.07, 6.45) is 0.976. The van der Waals surface area contributed by atoms with Crippen LogP contribution in [0.2, 0.25) is 0 Å². The highest BCUT2D eigenvalue weighted by molar-refractivity contribution is 14.0. The predicted octanol–water partition coefficient (Wildman–Crippen LogP) is 2.41. The van der Waals surface area contributed by atoms with Crippen LogP contribution in [0.1, 0.15) is 23.6 Å². The summed E-state index contributed by atoms with van der Waals surface area (Å²) in [5, 5.41) is 6.59. The smallest absolute Gasteiger partial charge is 0.215 e. The fourth-order valence-corrected chi connectivity index (χ4v) is 3.90. The van der Waals surface area contributed by atoms with E-state index in [0.717, 1.165) is 35.8 Å². The van der Waals surface area contributed by atoms with Gasteiger partial charge in [0, 0.05) is 13.0 Å². The molecule has 0 aliphatic carbocycles. The zero-order valence-electron chi connectivity index (χ0n) is 17.2. The summed E-state index contributed by atoms with van der Waals surface area (Å²) in [5.41, 5.74) is 2.99. The summed E-state index contributed by atoms with van der Waals surface area (Å²) in [6.45, 7) is 3.95. The van der Waals surface area contributed by atoms with Gasteiger partial charge in [-0.2, -0.15) is 0 Å². The molecule has 0 saturated heterocycles. The molecule has 0 aromatic heterocycles. The molecule has 0 amide bonds. The molecule has 1 heterocycles. The summed E-state index contributed by atoms with van der Waals surface area (Å²) in [5.74, 6) is 1.66. The van der Waals surface area contributed by atoms with E-state index in [1.807, 2.05) is 49.4 Å². The van der Waals surface area contributed by atoms with Crippen LogP contribution in [0.4, 0.5) is 0 Å². The van der Waals surface area contributed by atoms with Crippen LogP contribution in [-0.4, -0.2) is 40.6 Å². The summed E-state index contributed by atoms with van der Waals surface area (Å²) in [4.78, 5) is 4.62. The monoisotopic (exact) mass is 544 g/mol. The van der Waals surface area contributed by atoms with Crippen LogP contribution in [0.15, 0.2) is 53.5 Å². The highest BCUT2D eigenvalue weighted by Crippen LogP contribution is 2.27. The van der Waals surface area contributed by atoms with E-state index in [-0.39, 0.29) is 35.8 Å². The number of guanidine groups is 1. The molecule has 1 aliphatic heterocycles. The quantitative estimate of drug-likeness (QED) is 0.270. The van der Waals surface area contributed by atoms with E-state index in [2.05, 4.69) is 26.4 Å². The number of fused-ring (bicyclic) bond motifs is 1. The Kier molecular flexibility index (Phi) is 9.37. The molecule has 1 unspecified atom stereocenters. The van der Waals surface area contributed by atoms with Gasteiger partial charge in [-0.15, -0.1) is 24.0 Å². The minimum atomic E-state index is -3.26. The van der Waals surface area contributed by atoms with Gasteiger partial charge >= 0.3 is 0 Å². The maximum Gasteiger partial charge on any atom is 0.215 e. The third-order valence-corrected chi connectivity index (χ3v) is 6.00. The normalized spacial score (nSPS) is 15.7. The number of nitrogens with zero attached hydrogens (tertiary/aromatic N) is 1. The lowest BCUT2D eigenvalue weighted by molar-refractivity contribution is 0.235. The molecule has 2 aromatic carbocycles. The molecule has 0 radical (unpaired) electrons. The SMILES string of the molecule is CCNC(=NCc1ccc(CS(=O)(=O)NC)cc1)NCC1Cc2ccccc2O1.I. The van der Waals surface area contributed by atoms with Crippen LogP contribution in [0.3, 0.4) is 0 Å². The van der Waals surface area contributed by atoms with Crippen molar-refractivity contribution in [1.82, 2.24) is 15.4 Å². The third kappa shape index (κ3) is 7.13. The number of rotatable bonds is 8. The Morgan fingerprint density at radius 3 is 2.47 bits per heavy atom. The molecule has 30 heavy (non-hydrogen) atoms. The van der Waals surface area contributed by atoms with Crippen LogP contribution >= 0.6 is 24.0 Å². The number of ether oxygens (including phenoxy) is 1. The first kappa shape index (κ1) is 24.4. The van der Waals surface area contributed by atoms with E-state index < -0.39 is 10.0 Å². The van der Waals surface area contributed by atoms with Crippen molar-refractivity contribution in [2.75, 3.05) is 20.1 Å². The number of nitrogens with one attached hydrogen (secondary N) is 3. The number of halogens is 1. The second-order valence-corrected chi connectivity index (χ2v) is 8.83. The van der Waals surface area contributed by atoms with Gasteiger partial charge in [-0.05, 0) is 36.7 Å². The molecule has 0 saturated carbocycles. The summed E-state index contributed by atoms with van der Waals surface area (Å²) < 4.78 is 31.6. The first-order valence-electron chi connectivity index (χ1n) is 9.75. The molecular formula is C21H29IN4O3S. The van der Waals surface area contributed by atoms with Crippen LogP contribution in [0, 0.1) is 0 Å². The van der Waals surface area contributed by atoms with Gasteiger partial charge in [-0.3, -0.25) is 0 Å². The number of sulfonamides is 1. The lowest BCUT2D eigenvalue weighted by atomic mass is 10.1. The molecule has 164 valence electrons. The van der Waals surface area contributed by atoms with Gasteiger partial charge < -0.3 is 15.4 Å². The Morgan fingerprint density at radius 2 is 1.80 bits per heavy atom. The Morgan fingerprint density at radius 1 is 1.10 bits per heavy atom. The van der Waals surface area contributed by atoms with Gasteiger partial charge in [-0.25, -0.2) is 18.1 Å². The number of para-hydroxylation sites is 1. The third-order valence-electron chi connectivity index (χ3n) is 4.67. The highest BCUT2D eigenvalue weighted by atomic mass is 127. The minimum Gasteiger partial charge on any atom is -0.488 e. The van der Waals surface area contributed by atoms with Crippen molar-refractivity contribution in [2.24, 2.45) is 4.99 Å². The standard InChI is InChI=1S/C21H28N4O3S.HI/c1-3-23-21(25-14-19-12-18-6-4-5-7-20(18)28-19)24-13-16-8-10-17(11-9-16)15-29(26,27)22-2;/h4-11,19,22H,3,12-15H2,1-2H3,(H2,23,24,25);1H. The van der Waals surface area contributed by atoms with Gasteiger partial charge in [0.25, 0.3) is 0 Å². The number of hydrogen-bond acceptors (Lipinski definition) is 4. The zero-order chi connectivity index (χ0) is 20.7. The predicted molar refractivity (Wildman–Crippen MR) is 131 cm³/mol. The van der Waals surface area contributed by atoms with E-state index in [4.69, 9.17) is 4.74 Å². The van der Waals surface area contributed by atoms with Crippen molar-refractivity contribution in [3.05, 3.63) is 65.2 Å². The average Bonchev–Trinajstić information content (AvgIpc) is 3.14. The fraction of sp³-hybridized carbons (Fsp3) is 0.381. The average molecular weight is 544 g/mol. The molecule has 1 atom stereocenters. The molecule has 0 bridgehead atoms. The van der Waals surface area contributed by atoms with E-state index in [0.29, 0.717) is 13.1 Å². The molecular weight excluding hydrogens is 515 g/mol. The second-order valence-electron chi connectivity index (χ2n) is 6.91. The largest absolute Gasteiger partial charge is 0.488 e. The summed E-state index contributed by atoms with van der Waals surface area (Å²) >= 11 is 0. The first-order valence-corrected chi connectivity index (χ1v) is 11.4. The summed E-state index contributed by atoms with van der Waals surface area (Å²) in [7, 11) is -1.84. The maximum absolute atomic E-state index is 11.6. The Hall–Kier alpha value is -1.85. The van der Waals surface area contributed by atoms with Gasteiger partial charge in [0.1, 0.15) is 11.9 Å². The Bertz CT molecular complexity index is 924. The molecule has 2 aromatic rings. The van der Waals surface area contributed by atoms with Crippen LogP contribution in [0.5, 0.6) is 5.75 Å². The molecule has 0 fully saturated rings. The van der Waals surface area contributed by atoms with E-state index in [1.54, 1.807) is 0 Å². The molecule has 0 spiro atoms. The topological polar surface area (TPSA) is 91.8 Å². The van der Waals surface area contributed by atoms with Gasteiger partial charge in [-0.1, -0.05) is 42.5 Å². The number of benzene rings is 2. The van der Waals surface area contributed by atoms with Crippen molar-refractivity contribution < 1.29 is 13.2 Å². The van der Waals surface area contributed by atoms with Crippen LogP contribution in [0.25, 0.3) is 0 Å². The van der Waals surface area contributed by atoms with Crippen LogP contribution < -0.4 is 20.1 Å². The molecule has 1 aliphatic rings. The maximum atomic E-state index is 11.6. The zero-order valence-corrected chi connectivity index (χ0v) is 20.4. The number of aliphatic imine (C=N–C) groups is 1. The van der Waals surface area contributed by atoms with E-state index in [9.17, 15) is 8.42 Å². The van der Waals surface area contributed by atoms with E-state index in [1.165, 1.54) is 12.6 Å². The van der Waals surface area contributed by atoms with Crippen molar-refractivity contribution in [2.45, 2.75) is 31.7 Å². The molecule has 9 heteroatoms. The van der Waals surface area contributed by atoms with E-state index >= 15 is 0 Å². The fourth-order valence-electron chi connectivity index (χ4n) is 3.12. The highest BCUT2D eigenvalue weighted by Gasteiger charge is 2.22. The minimum absolute atomic E-state index is 0. The molecule has 3 rings (SSSR count). The van der Waals surface area contributed by atoms with Crippen LogP contribution in [-0.2, 0) is 28.7 Å². The van der Waals surface area contributed by atoms with Gasteiger partial charge in [0.15, 0.2) is 5.96 Å².